The molecule has 0 aromatic carbocycles. The molecular formula is C6H13NO4. The van der Waals surface area contributed by atoms with Crippen molar-refractivity contribution in [2.45, 2.75) is 26.3 Å². The SMILES string of the molecule is CC(=O)O.C[C@@H](N)CC(=O)O. The van der Waals surface area contributed by atoms with Crippen LogP contribution in [0.1, 0.15) is 20.3 Å². The van der Waals surface area contributed by atoms with Crippen LogP contribution in [0.15, 0.2) is 0 Å². The molecule has 4 N–H and O–H groups in total. The lowest BCUT2D eigenvalue weighted by Crippen LogP contribution is -2.18. The quantitative estimate of drug-likeness (QED) is 0.527. The summed E-state index contributed by atoms with van der Waals surface area (Å²) in [4.78, 5) is 18.7. The molecule has 11 heavy (non-hydrogen) atoms. The van der Waals surface area contributed by atoms with Crippen LogP contribution in [0.5, 0.6) is 0 Å². The van der Waals surface area contributed by atoms with Gasteiger partial charge >= 0.3 is 5.97 Å². The van der Waals surface area contributed by atoms with Crippen LogP contribution in [0.3, 0.4) is 0 Å². The van der Waals surface area contributed by atoms with Gasteiger partial charge in [0.05, 0.1) is 6.42 Å². The number of hydrogen-bond acceptors (Lipinski definition) is 3. The van der Waals surface area contributed by atoms with Crippen molar-refractivity contribution in [3.8, 4) is 0 Å². The van der Waals surface area contributed by atoms with E-state index in [0.29, 0.717) is 0 Å². The van der Waals surface area contributed by atoms with E-state index in [1.165, 1.54) is 0 Å². The molecule has 0 saturated heterocycles. The highest BCUT2D eigenvalue weighted by Gasteiger charge is 1.98. The number of hydrogen-bond donors (Lipinski definition) is 3. The van der Waals surface area contributed by atoms with Crippen molar-refractivity contribution in [3.63, 3.8) is 0 Å². The van der Waals surface area contributed by atoms with Gasteiger partial charge in [0.25, 0.3) is 5.97 Å². The summed E-state index contributed by atoms with van der Waals surface area (Å²) >= 11 is 0. The maximum Gasteiger partial charge on any atom is 0.304 e. The first kappa shape index (κ1) is 12.6. The molecule has 5 heteroatoms. The van der Waals surface area contributed by atoms with Crippen molar-refractivity contribution < 1.29 is 19.8 Å². The molecule has 5 nitrogen and oxygen atoms in total. The Morgan fingerprint density at radius 3 is 1.73 bits per heavy atom. The first-order chi connectivity index (χ1) is 4.86. The molecule has 0 saturated carbocycles. The standard InChI is InChI=1S/C4H9NO2.C2H4O2/c1-3(5)2-4(6)7;1-2(3)4/h3H,2,5H2,1H3,(H,6,7);1H3,(H,3,4)/t3-;/m1./s1. The van der Waals surface area contributed by atoms with Crippen LogP contribution in [-0.2, 0) is 9.59 Å². The van der Waals surface area contributed by atoms with E-state index in [4.69, 9.17) is 20.7 Å². The second-order valence-electron chi connectivity index (χ2n) is 2.09. The van der Waals surface area contributed by atoms with Gasteiger partial charge in [-0.05, 0) is 6.92 Å². The third-order valence-corrected chi connectivity index (χ3v) is 0.497. The normalized spacial score (nSPS) is 10.8. The van der Waals surface area contributed by atoms with Gasteiger partial charge in [-0.25, -0.2) is 0 Å². The molecule has 0 spiro atoms. The van der Waals surface area contributed by atoms with Crippen molar-refractivity contribution in [2.75, 3.05) is 0 Å². The highest BCUT2D eigenvalue weighted by molar-refractivity contribution is 5.67. The molecule has 66 valence electrons. The van der Waals surface area contributed by atoms with E-state index in [1.54, 1.807) is 6.92 Å². The Morgan fingerprint density at radius 2 is 1.73 bits per heavy atom. The smallest absolute Gasteiger partial charge is 0.304 e. The van der Waals surface area contributed by atoms with E-state index >= 15 is 0 Å². The van der Waals surface area contributed by atoms with E-state index in [2.05, 4.69) is 0 Å². The van der Waals surface area contributed by atoms with Crippen LogP contribution < -0.4 is 5.73 Å². The van der Waals surface area contributed by atoms with Crippen LogP contribution in [0.4, 0.5) is 0 Å². The molecule has 0 bridgehead atoms. The first-order valence-corrected chi connectivity index (χ1v) is 3.03. The van der Waals surface area contributed by atoms with Crippen molar-refractivity contribution in [3.05, 3.63) is 0 Å². The molecular weight excluding hydrogens is 150 g/mol. The minimum Gasteiger partial charge on any atom is -0.481 e. The highest BCUT2D eigenvalue weighted by Crippen LogP contribution is 1.82. The summed E-state index contributed by atoms with van der Waals surface area (Å²) in [5.41, 5.74) is 5.11. The second kappa shape index (κ2) is 7.01. The largest absolute Gasteiger partial charge is 0.481 e. The first-order valence-electron chi connectivity index (χ1n) is 3.03. The van der Waals surface area contributed by atoms with Gasteiger partial charge in [-0.15, -0.1) is 0 Å². The number of carbonyl (C=O) groups is 2. The average Bonchev–Trinajstić information content (AvgIpc) is 1.56. The van der Waals surface area contributed by atoms with Crippen LogP contribution in [0, 0.1) is 0 Å². The number of carboxylic acids is 2. The van der Waals surface area contributed by atoms with Gasteiger partial charge in [-0.2, -0.15) is 0 Å². The molecule has 0 aromatic rings. The van der Waals surface area contributed by atoms with Gasteiger partial charge in [0.2, 0.25) is 0 Å². The Morgan fingerprint density at radius 1 is 1.45 bits per heavy atom. The topological polar surface area (TPSA) is 101 Å². The molecule has 1 atom stereocenters. The van der Waals surface area contributed by atoms with E-state index in [9.17, 15) is 4.79 Å². The number of rotatable bonds is 2. The molecule has 0 unspecified atom stereocenters. The third kappa shape index (κ3) is 50.4. The van der Waals surface area contributed by atoms with E-state index in [0.717, 1.165) is 6.92 Å². The fraction of sp³-hybridized carbons (Fsp3) is 0.667. The van der Waals surface area contributed by atoms with Gasteiger partial charge in [-0.3, -0.25) is 9.59 Å². The summed E-state index contributed by atoms with van der Waals surface area (Å²) in [5.74, 6) is -1.67. The van der Waals surface area contributed by atoms with Crippen molar-refractivity contribution >= 4 is 11.9 Å². The van der Waals surface area contributed by atoms with Crippen molar-refractivity contribution in [1.29, 1.82) is 0 Å². The van der Waals surface area contributed by atoms with Gasteiger partial charge in [0.15, 0.2) is 0 Å². The molecule has 0 aliphatic rings. The van der Waals surface area contributed by atoms with Crippen LogP contribution in [-0.4, -0.2) is 28.2 Å². The van der Waals surface area contributed by atoms with Crippen molar-refractivity contribution in [1.82, 2.24) is 0 Å². The minimum atomic E-state index is -0.838. The zero-order chi connectivity index (χ0) is 9.44. The molecule has 0 fully saturated rings. The van der Waals surface area contributed by atoms with E-state index in [1.807, 2.05) is 0 Å². The molecule has 0 rings (SSSR count). The maximum atomic E-state index is 9.73. The Kier molecular flexibility index (Phi) is 8.01. The Bertz CT molecular complexity index is 129. The Balaban J connectivity index is 0. The monoisotopic (exact) mass is 163 g/mol. The van der Waals surface area contributed by atoms with E-state index in [-0.39, 0.29) is 12.5 Å². The molecule has 0 aromatic heterocycles. The van der Waals surface area contributed by atoms with E-state index < -0.39 is 11.9 Å². The molecule has 0 aliphatic heterocycles. The van der Waals surface area contributed by atoms with Crippen LogP contribution in [0.25, 0.3) is 0 Å². The predicted molar refractivity (Wildman–Crippen MR) is 39.2 cm³/mol. The van der Waals surface area contributed by atoms with Crippen LogP contribution >= 0.6 is 0 Å². The summed E-state index contributed by atoms with van der Waals surface area (Å²) in [6, 6.07) is -0.225. The van der Waals surface area contributed by atoms with Gasteiger partial charge in [0, 0.05) is 13.0 Å². The summed E-state index contributed by atoms with van der Waals surface area (Å²) in [5, 5.41) is 15.4. The Labute approximate surface area is 64.8 Å². The average molecular weight is 163 g/mol. The summed E-state index contributed by atoms with van der Waals surface area (Å²) in [7, 11) is 0. The summed E-state index contributed by atoms with van der Waals surface area (Å²) in [6.07, 6.45) is 0.0556. The predicted octanol–water partition coefficient (Wildman–Crippen LogP) is -0.101. The van der Waals surface area contributed by atoms with Gasteiger partial charge in [0.1, 0.15) is 0 Å². The number of aliphatic carboxylic acids is 2. The zero-order valence-corrected chi connectivity index (χ0v) is 6.57. The minimum absolute atomic E-state index is 0.0556. The number of nitrogens with two attached hydrogens (primary N) is 1. The van der Waals surface area contributed by atoms with Crippen molar-refractivity contribution in [2.24, 2.45) is 5.73 Å². The fourth-order valence-electron chi connectivity index (χ4n) is 0.275. The lowest BCUT2D eigenvalue weighted by molar-refractivity contribution is -0.137. The van der Waals surface area contributed by atoms with Gasteiger partial charge < -0.3 is 15.9 Å². The van der Waals surface area contributed by atoms with Crippen LogP contribution in [0.2, 0.25) is 0 Å². The molecule has 0 heterocycles. The molecule has 0 aliphatic carbocycles. The summed E-state index contributed by atoms with van der Waals surface area (Å²) in [6.45, 7) is 2.74. The fourth-order valence-corrected chi connectivity index (χ4v) is 0.275. The second-order valence-corrected chi connectivity index (χ2v) is 2.09. The summed E-state index contributed by atoms with van der Waals surface area (Å²) < 4.78 is 0. The maximum absolute atomic E-state index is 9.73. The number of carboxylic acid groups (broad SMARTS) is 2. The molecule has 0 radical (unpaired) electrons. The lowest BCUT2D eigenvalue weighted by atomic mass is 10.3. The third-order valence-electron chi connectivity index (χ3n) is 0.497. The Hall–Kier alpha value is -1.10. The highest BCUT2D eigenvalue weighted by atomic mass is 16.4. The zero-order valence-electron chi connectivity index (χ0n) is 6.57. The lowest BCUT2D eigenvalue weighted by Gasteiger charge is -1.95. The molecule has 0 amide bonds. The van der Waals surface area contributed by atoms with Gasteiger partial charge in [-0.1, -0.05) is 0 Å².